The fourth-order valence-electron chi connectivity index (χ4n) is 5.38. The Labute approximate surface area is 261 Å². The zero-order valence-corrected chi connectivity index (χ0v) is 26.2. The summed E-state index contributed by atoms with van der Waals surface area (Å²) in [6, 6.07) is 7.93. The second kappa shape index (κ2) is 14.7. The molecule has 1 aliphatic heterocycles. The van der Waals surface area contributed by atoms with Gasteiger partial charge in [0.25, 0.3) is 11.8 Å². The van der Waals surface area contributed by atoms with Gasteiger partial charge in [0, 0.05) is 50.4 Å². The predicted octanol–water partition coefficient (Wildman–Crippen LogP) is 3.43. The molecule has 13 heteroatoms. The monoisotopic (exact) mass is 627 g/mol. The van der Waals surface area contributed by atoms with Gasteiger partial charge in [0.2, 0.25) is 0 Å². The maximum Gasteiger partial charge on any atom is 0.406 e. The van der Waals surface area contributed by atoms with Crippen LogP contribution in [0.15, 0.2) is 36.7 Å². The number of likely N-dealkylation sites (tertiary alicyclic amines) is 1. The highest BCUT2D eigenvalue weighted by atomic mass is 19.4. The number of ether oxygens (including phenoxy) is 1. The number of nitrogens with zero attached hydrogens (tertiary/aromatic N) is 4. The fraction of sp³-hybridized carbons (Fsp3) is 0.469. The van der Waals surface area contributed by atoms with Crippen molar-refractivity contribution in [2.24, 2.45) is 5.92 Å². The molecule has 2 amide bonds. The third-order valence-electron chi connectivity index (χ3n) is 7.78. The van der Waals surface area contributed by atoms with E-state index in [-0.39, 0.29) is 41.0 Å². The summed E-state index contributed by atoms with van der Waals surface area (Å²) in [5.74, 6) is 5.97. The summed E-state index contributed by atoms with van der Waals surface area (Å²) >= 11 is 0. The van der Waals surface area contributed by atoms with Crippen LogP contribution in [0.5, 0.6) is 5.75 Å². The van der Waals surface area contributed by atoms with Gasteiger partial charge in [-0.1, -0.05) is 18.8 Å². The predicted molar refractivity (Wildman–Crippen MR) is 168 cm³/mol. The molecular weight excluding hydrogens is 587 g/mol. The Morgan fingerprint density at radius 2 is 1.96 bits per heavy atom. The Morgan fingerprint density at radius 1 is 1.18 bits per heavy atom. The van der Waals surface area contributed by atoms with Crippen molar-refractivity contribution in [3.8, 4) is 17.6 Å². The highest BCUT2D eigenvalue weighted by Crippen LogP contribution is 2.27. The molecule has 1 aromatic heterocycles. The van der Waals surface area contributed by atoms with Crippen LogP contribution in [0.3, 0.4) is 0 Å². The number of hydrogen-bond acceptors (Lipinski definition) is 7. The third-order valence-corrected chi connectivity index (χ3v) is 7.78. The van der Waals surface area contributed by atoms with Gasteiger partial charge in [0.05, 0.1) is 36.7 Å². The number of rotatable bonds is 10. The third kappa shape index (κ3) is 8.89. The van der Waals surface area contributed by atoms with Gasteiger partial charge in [-0.3, -0.25) is 9.59 Å². The number of nitrogens with one attached hydrogen (secondary N) is 3. The lowest BCUT2D eigenvalue weighted by atomic mass is 9.93. The molecule has 2 aromatic carbocycles. The van der Waals surface area contributed by atoms with E-state index in [1.165, 1.54) is 20.2 Å². The minimum Gasteiger partial charge on any atom is -0.495 e. The number of piperidine rings is 1. The van der Waals surface area contributed by atoms with Crippen LogP contribution in [0.2, 0.25) is 0 Å². The average molecular weight is 628 g/mol. The van der Waals surface area contributed by atoms with E-state index < -0.39 is 18.6 Å². The van der Waals surface area contributed by atoms with Gasteiger partial charge in [-0.25, -0.2) is 4.98 Å². The van der Waals surface area contributed by atoms with Gasteiger partial charge in [0.15, 0.2) is 0 Å². The van der Waals surface area contributed by atoms with E-state index in [9.17, 15) is 22.8 Å². The number of likely N-dealkylation sites (N-methyl/N-ethyl adjacent to an activating group) is 1. The molecule has 0 spiro atoms. The number of carbonyl (C=O) groups excluding carboxylic acids is 2. The smallest absolute Gasteiger partial charge is 0.406 e. The van der Waals surface area contributed by atoms with Crippen molar-refractivity contribution in [3.05, 3.63) is 53.3 Å². The number of carbonyl (C=O) groups is 2. The van der Waals surface area contributed by atoms with Crippen molar-refractivity contribution >= 4 is 28.5 Å². The van der Waals surface area contributed by atoms with E-state index in [0.29, 0.717) is 22.6 Å². The molecule has 10 nitrogen and oxygen atoms in total. The second-order valence-electron chi connectivity index (χ2n) is 11.5. The van der Waals surface area contributed by atoms with Crippen LogP contribution in [-0.2, 0) is 6.54 Å². The van der Waals surface area contributed by atoms with E-state index >= 15 is 0 Å². The molecule has 3 aromatic rings. The number of anilines is 1. The summed E-state index contributed by atoms with van der Waals surface area (Å²) in [5.41, 5.74) is 1.88. The molecule has 1 saturated heterocycles. The van der Waals surface area contributed by atoms with Crippen molar-refractivity contribution in [2.75, 3.05) is 66.3 Å². The minimum atomic E-state index is -4.47. The molecule has 0 radical (unpaired) electrons. The number of benzene rings is 2. The molecule has 0 bridgehead atoms. The average Bonchev–Trinajstić information content (AvgIpc) is 3.39. The van der Waals surface area contributed by atoms with Crippen molar-refractivity contribution < 1.29 is 27.5 Å². The number of halogens is 3. The van der Waals surface area contributed by atoms with Crippen molar-refractivity contribution in [1.82, 2.24) is 30.0 Å². The standard InChI is InChI=1S/C32H40F3N7O3/c1-21-18-41(14-13-40(3)4)12-10-25(21)39-31(44)24-15-22(16-27-29(24)38-20-42(27)19-32(33,34)35)7-6-11-37-26-17-23(30(43)36-2)8-9-28(26)45-5/h8-9,15-17,20-21,25,37H,10-14,18-19H2,1-5H3,(H,36,43)(H,39,44)/t21-,25-/m0/s1. The van der Waals surface area contributed by atoms with E-state index in [1.807, 2.05) is 14.1 Å². The topological polar surface area (TPSA) is 104 Å². The number of fused-ring (bicyclic) bond motifs is 1. The number of aromatic nitrogens is 2. The Hall–Kier alpha value is -4.28. The lowest BCUT2D eigenvalue weighted by molar-refractivity contribution is -0.139. The van der Waals surface area contributed by atoms with Crippen LogP contribution in [0, 0.1) is 17.8 Å². The van der Waals surface area contributed by atoms with Gasteiger partial charge in [-0.05, 0) is 56.8 Å². The van der Waals surface area contributed by atoms with Gasteiger partial charge in [-0.15, -0.1) is 0 Å². The number of amides is 2. The molecule has 242 valence electrons. The Bertz CT molecular complexity index is 1580. The first-order valence-electron chi connectivity index (χ1n) is 14.7. The maximum atomic E-state index is 13.6. The van der Waals surface area contributed by atoms with Crippen molar-refractivity contribution in [3.63, 3.8) is 0 Å². The zero-order valence-electron chi connectivity index (χ0n) is 26.2. The molecule has 2 atom stereocenters. The van der Waals surface area contributed by atoms with Crippen LogP contribution in [0.25, 0.3) is 11.0 Å². The SMILES string of the molecule is CNC(=O)c1ccc(OC)c(NCC#Cc2cc(C(=O)N[C@H]3CCN(CCN(C)C)C[C@@H]3C)c3ncn(CC(F)(F)F)c3c2)c1. The summed E-state index contributed by atoms with van der Waals surface area (Å²) in [4.78, 5) is 34.4. The van der Waals surface area contributed by atoms with Crippen LogP contribution >= 0.6 is 0 Å². The first kappa shape index (κ1) is 33.6. The summed E-state index contributed by atoms with van der Waals surface area (Å²) < 4.78 is 46.4. The quantitative estimate of drug-likeness (QED) is 0.296. The van der Waals surface area contributed by atoms with E-state index in [2.05, 4.69) is 49.5 Å². The molecule has 1 aliphatic rings. The second-order valence-corrected chi connectivity index (χ2v) is 11.5. The molecule has 0 unspecified atom stereocenters. The zero-order chi connectivity index (χ0) is 32.7. The number of hydrogen-bond donors (Lipinski definition) is 3. The molecular formula is C32H40F3N7O3. The lowest BCUT2D eigenvalue weighted by Crippen LogP contribution is -2.51. The Balaban J connectivity index is 1.56. The largest absolute Gasteiger partial charge is 0.495 e. The molecule has 3 N–H and O–H groups in total. The van der Waals surface area contributed by atoms with Crippen LogP contribution in [0.4, 0.5) is 18.9 Å². The Kier molecular flexibility index (Phi) is 11.0. The van der Waals surface area contributed by atoms with Crippen LogP contribution in [0.1, 0.15) is 39.6 Å². The lowest BCUT2D eigenvalue weighted by Gasteiger charge is -2.37. The van der Waals surface area contributed by atoms with Crippen LogP contribution < -0.4 is 20.7 Å². The molecule has 45 heavy (non-hydrogen) atoms. The highest BCUT2D eigenvalue weighted by molar-refractivity contribution is 6.05. The van der Waals surface area contributed by atoms with E-state index in [4.69, 9.17) is 4.74 Å². The number of imidazole rings is 1. The molecule has 4 rings (SSSR count). The van der Waals surface area contributed by atoms with Gasteiger partial charge in [-0.2, -0.15) is 13.2 Å². The summed E-state index contributed by atoms with van der Waals surface area (Å²) in [5, 5.41) is 8.80. The highest BCUT2D eigenvalue weighted by Gasteiger charge is 2.31. The fourth-order valence-corrected chi connectivity index (χ4v) is 5.38. The van der Waals surface area contributed by atoms with E-state index in [1.54, 1.807) is 24.3 Å². The van der Waals surface area contributed by atoms with Crippen molar-refractivity contribution in [2.45, 2.75) is 32.1 Å². The molecule has 1 fully saturated rings. The van der Waals surface area contributed by atoms with Crippen molar-refractivity contribution in [1.29, 1.82) is 0 Å². The van der Waals surface area contributed by atoms with Gasteiger partial charge < -0.3 is 35.1 Å². The normalized spacial score (nSPS) is 17.1. The Morgan fingerprint density at radius 3 is 2.62 bits per heavy atom. The van der Waals surface area contributed by atoms with E-state index in [0.717, 1.165) is 43.5 Å². The minimum absolute atomic E-state index is 0.0834. The van der Waals surface area contributed by atoms with Gasteiger partial charge >= 0.3 is 6.18 Å². The first-order valence-corrected chi connectivity index (χ1v) is 14.7. The number of alkyl halides is 3. The first-order chi connectivity index (χ1) is 21.4. The van der Waals surface area contributed by atoms with Crippen LogP contribution in [-0.4, -0.2) is 104 Å². The molecule has 2 heterocycles. The summed E-state index contributed by atoms with van der Waals surface area (Å²) in [7, 11) is 7.11. The number of methoxy groups -OCH3 is 1. The molecule has 0 aliphatic carbocycles. The summed E-state index contributed by atoms with van der Waals surface area (Å²) in [6.07, 6.45) is -2.60. The maximum absolute atomic E-state index is 13.6. The molecule has 0 saturated carbocycles. The van der Waals surface area contributed by atoms with Gasteiger partial charge in [0.1, 0.15) is 17.8 Å². The summed E-state index contributed by atoms with van der Waals surface area (Å²) in [6.45, 7) is 4.55.